The Kier molecular flexibility index (Phi) is 2.62. The molecule has 2 aliphatic rings. The number of hydrogen-bond acceptors (Lipinski definition) is 3. The Morgan fingerprint density at radius 3 is 2.14 bits per heavy atom. The van der Waals surface area contributed by atoms with Crippen LogP contribution in [0.1, 0.15) is 34.1 Å². The fourth-order valence-electron chi connectivity index (χ4n) is 3.13. The van der Waals surface area contributed by atoms with Gasteiger partial charge < -0.3 is 4.74 Å². The van der Waals surface area contributed by atoms with E-state index in [9.17, 15) is 9.59 Å². The minimum atomic E-state index is -0.213. The van der Waals surface area contributed by atoms with Gasteiger partial charge in [-0.05, 0) is 23.9 Å². The number of carbonyl (C=O) groups is 2. The van der Waals surface area contributed by atoms with Crippen LogP contribution in [0.25, 0.3) is 10.8 Å². The molecule has 2 aliphatic heterocycles. The van der Waals surface area contributed by atoms with E-state index in [0.29, 0.717) is 17.7 Å². The summed E-state index contributed by atoms with van der Waals surface area (Å²) in [5, 5.41) is 1.70. The Bertz CT molecular complexity index is 717. The third kappa shape index (κ3) is 1.79. The summed E-state index contributed by atoms with van der Waals surface area (Å²) >= 11 is 0. The van der Waals surface area contributed by atoms with E-state index in [-0.39, 0.29) is 24.0 Å². The van der Waals surface area contributed by atoms with Gasteiger partial charge in [-0.25, -0.2) is 0 Å². The molecule has 1 saturated heterocycles. The highest BCUT2D eigenvalue weighted by atomic mass is 16.6. The molecule has 2 aromatic carbocycles. The van der Waals surface area contributed by atoms with E-state index in [0.717, 1.165) is 17.2 Å². The van der Waals surface area contributed by atoms with E-state index in [1.54, 1.807) is 12.1 Å². The minimum absolute atomic E-state index is 0.00707. The average Bonchev–Trinajstić information content (AvgIpc) is 3.27. The maximum atomic E-state index is 12.6. The van der Waals surface area contributed by atoms with Crippen molar-refractivity contribution in [2.45, 2.75) is 25.6 Å². The molecule has 4 rings (SSSR count). The van der Waals surface area contributed by atoms with Crippen LogP contribution in [0.5, 0.6) is 0 Å². The quantitative estimate of drug-likeness (QED) is 0.642. The maximum absolute atomic E-state index is 12.6. The number of nitrogens with zero attached hydrogens (tertiary/aromatic N) is 1. The van der Waals surface area contributed by atoms with Crippen molar-refractivity contribution in [1.29, 1.82) is 0 Å². The molecule has 2 heterocycles. The van der Waals surface area contributed by atoms with E-state index in [1.165, 1.54) is 4.90 Å². The summed E-state index contributed by atoms with van der Waals surface area (Å²) < 4.78 is 5.48. The Balaban J connectivity index is 1.78. The van der Waals surface area contributed by atoms with Crippen molar-refractivity contribution in [2.24, 2.45) is 0 Å². The van der Waals surface area contributed by atoms with Crippen molar-refractivity contribution in [1.82, 2.24) is 4.90 Å². The predicted octanol–water partition coefficient (Wildman–Crippen LogP) is 2.61. The Hall–Kier alpha value is -2.20. The molecule has 2 aromatic rings. The first-order valence-electron chi connectivity index (χ1n) is 7.24. The number of rotatable bonds is 3. The molecule has 0 aliphatic carbocycles. The van der Waals surface area contributed by atoms with Gasteiger partial charge in [-0.1, -0.05) is 31.2 Å². The van der Waals surface area contributed by atoms with Gasteiger partial charge in [0.2, 0.25) is 0 Å². The first kappa shape index (κ1) is 12.5. The van der Waals surface area contributed by atoms with Gasteiger partial charge in [0.1, 0.15) is 6.10 Å². The number of amides is 2. The lowest BCUT2D eigenvalue weighted by molar-refractivity contribution is 0.0598. The molecular formula is C17H15NO3. The van der Waals surface area contributed by atoms with Crippen molar-refractivity contribution in [3.05, 3.63) is 47.5 Å². The number of epoxide rings is 1. The molecule has 2 amide bonds. The molecule has 2 unspecified atom stereocenters. The Morgan fingerprint density at radius 2 is 1.62 bits per heavy atom. The third-order valence-electron chi connectivity index (χ3n) is 4.31. The molecule has 4 nitrogen and oxygen atoms in total. The van der Waals surface area contributed by atoms with Gasteiger partial charge in [-0.3, -0.25) is 14.5 Å². The second-order valence-electron chi connectivity index (χ2n) is 5.55. The topological polar surface area (TPSA) is 49.9 Å². The van der Waals surface area contributed by atoms with Crippen LogP contribution in [0.4, 0.5) is 0 Å². The summed E-state index contributed by atoms with van der Waals surface area (Å²) in [6.45, 7) is 2.39. The van der Waals surface area contributed by atoms with Gasteiger partial charge in [-0.2, -0.15) is 0 Å². The first-order valence-corrected chi connectivity index (χ1v) is 7.24. The van der Waals surface area contributed by atoms with Crippen LogP contribution in [0, 0.1) is 0 Å². The van der Waals surface area contributed by atoms with E-state index in [2.05, 4.69) is 0 Å². The highest BCUT2D eigenvalue weighted by Gasteiger charge is 2.42. The first-order chi connectivity index (χ1) is 10.2. The predicted molar refractivity (Wildman–Crippen MR) is 78.3 cm³/mol. The third-order valence-corrected chi connectivity index (χ3v) is 4.31. The fraction of sp³-hybridized carbons (Fsp3) is 0.294. The second kappa shape index (κ2) is 4.40. The van der Waals surface area contributed by atoms with Crippen LogP contribution in [0.15, 0.2) is 36.4 Å². The van der Waals surface area contributed by atoms with Crippen LogP contribution >= 0.6 is 0 Å². The van der Waals surface area contributed by atoms with Crippen LogP contribution in [0.2, 0.25) is 0 Å². The molecule has 4 heteroatoms. The van der Waals surface area contributed by atoms with Gasteiger partial charge in [-0.15, -0.1) is 0 Å². The number of hydrogen-bond donors (Lipinski definition) is 0. The van der Waals surface area contributed by atoms with Crippen molar-refractivity contribution in [2.75, 3.05) is 6.54 Å². The van der Waals surface area contributed by atoms with Gasteiger partial charge in [0.15, 0.2) is 0 Å². The van der Waals surface area contributed by atoms with Gasteiger partial charge >= 0.3 is 0 Å². The molecule has 0 spiro atoms. The summed E-state index contributed by atoms with van der Waals surface area (Å²) in [7, 11) is 0. The summed E-state index contributed by atoms with van der Waals surface area (Å²) in [5.41, 5.74) is 1.22. The largest absolute Gasteiger partial charge is 0.368 e. The average molecular weight is 281 g/mol. The molecule has 0 saturated carbocycles. The van der Waals surface area contributed by atoms with E-state index >= 15 is 0 Å². The van der Waals surface area contributed by atoms with E-state index < -0.39 is 0 Å². The Labute approximate surface area is 122 Å². The monoisotopic (exact) mass is 281 g/mol. The standard InChI is InChI=1S/C17H15NO3/c1-2-13-14(21-13)9-18-16(19)11-7-3-5-10-6-4-8-12(15(10)11)17(18)20/h3-8,13-14H,2,9H2,1H3. The summed E-state index contributed by atoms with van der Waals surface area (Å²) in [6, 6.07) is 11.1. The van der Waals surface area contributed by atoms with Gasteiger partial charge in [0.25, 0.3) is 11.8 Å². The van der Waals surface area contributed by atoms with Crippen molar-refractivity contribution in [3.63, 3.8) is 0 Å². The molecule has 0 radical (unpaired) electrons. The van der Waals surface area contributed by atoms with Crippen LogP contribution in [-0.2, 0) is 4.74 Å². The van der Waals surface area contributed by atoms with E-state index in [4.69, 9.17) is 4.74 Å². The summed E-state index contributed by atoms with van der Waals surface area (Å²) in [6.07, 6.45) is 1.08. The van der Waals surface area contributed by atoms with E-state index in [1.807, 2.05) is 31.2 Å². The molecule has 0 aromatic heterocycles. The molecule has 1 fully saturated rings. The van der Waals surface area contributed by atoms with Crippen molar-refractivity contribution >= 4 is 22.6 Å². The highest BCUT2D eigenvalue weighted by molar-refractivity contribution is 6.25. The number of imide groups is 1. The maximum Gasteiger partial charge on any atom is 0.261 e. The van der Waals surface area contributed by atoms with Gasteiger partial charge in [0.05, 0.1) is 12.6 Å². The number of ether oxygens (including phenoxy) is 1. The summed E-state index contributed by atoms with van der Waals surface area (Å²) in [4.78, 5) is 26.6. The molecule has 2 atom stereocenters. The van der Waals surface area contributed by atoms with Crippen molar-refractivity contribution in [3.8, 4) is 0 Å². The molecule has 21 heavy (non-hydrogen) atoms. The van der Waals surface area contributed by atoms with Crippen LogP contribution in [0.3, 0.4) is 0 Å². The fourth-order valence-corrected chi connectivity index (χ4v) is 3.13. The SMILES string of the molecule is CCC1OC1CN1C(=O)c2cccc3cccc(c23)C1=O. The van der Waals surface area contributed by atoms with Crippen LogP contribution in [-0.4, -0.2) is 35.5 Å². The minimum Gasteiger partial charge on any atom is -0.368 e. The molecule has 0 N–H and O–H groups in total. The lowest BCUT2D eigenvalue weighted by atomic mass is 9.94. The zero-order chi connectivity index (χ0) is 14.6. The lowest BCUT2D eigenvalue weighted by Crippen LogP contribution is -2.42. The summed E-state index contributed by atoms with van der Waals surface area (Å²) in [5.74, 6) is -0.427. The zero-order valence-electron chi connectivity index (χ0n) is 11.7. The molecular weight excluding hydrogens is 266 g/mol. The molecule has 0 bridgehead atoms. The zero-order valence-corrected chi connectivity index (χ0v) is 11.7. The number of carbonyl (C=O) groups excluding carboxylic acids is 2. The molecule has 106 valence electrons. The second-order valence-corrected chi connectivity index (χ2v) is 5.55. The van der Waals surface area contributed by atoms with Crippen molar-refractivity contribution < 1.29 is 14.3 Å². The van der Waals surface area contributed by atoms with Crippen LogP contribution < -0.4 is 0 Å². The number of benzene rings is 2. The Morgan fingerprint density at radius 1 is 1.00 bits per heavy atom. The smallest absolute Gasteiger partial charge is 0.261 e. The highest BCUT2D eigenvalue weighted by Crippen LogP contribution is 2.32. The normalized spacial score (nSPS) is 23.8. The van der Waals surface area contributed by atoms with Gasteiger partial charge in [0, 0.05) is 16.5 Å². The lowest BCUT2D eigenvalue weighted by Gasteiger charge is -2.26.